The van der Waals surface area contributed by atoms with Crippen LogP contribution in [-0.4, -0.2) is 73.1 Å². The second-order valence-corrected chi connectivity index (χ2v) is 9.13. The predicted molar refractivity (Wildman–Crippen MR) is 110 cm³/mol. The van der Waals surface area contributed by atoms with E-state index < -0.39 is 5.60 Å². The average molecular weight is 392 g/mol. The minimum absolute atomic E-state index is 0.117. The minimum Gasteiger partial charge on any atom is -0.450 e. The number of ether oxygens (including phenoxy) is 1. The third-order valence-corrected chi connectivity index (χ3v) is 6.64. The Labute approximate surface area is 169 Å². The Morgan fingerprint density at radius 1 is 1.18 bits per heavy atom. The second-order valence-electron chi connectivity index (χ2n) is 9.13. The van der Waals surface area contributed by atoms with E-state index in [1.165, 1.54) is 6.42 Å². The number of hydrogen-bond acceptors (Lipinski definition) is 5. The molecule has 1 N–H and O–H groups in total. The Hall–Kier alpha value is -1.40. The first-order valence-electron chi connectivity index (χ1n) is 11.0. The number of piperidine rings is 2. The van der Waals surface area contributed by atoms with Crippen molar-refractivity contribution >= 4 is 11.9 Å². The standard InChI is InChI=1S/C22H37N3O3/c1-5-24-11-7-22(8-12-24)19(18(4)21(27)28-22)20(26)23-9-6-10-25-14-16(2)13-17(3)15-25/h16-17H,5-15H2,1-4H3,(H,23,26)/t16-,17-/m0/s1. The lowest BCUT2D eigenvalue weighted by atomic mass is 9.82. The van der Waals surface area contributed by atoms with Crippen LogP contribution in [0.5, 0.6) is 0 Å². The minimum atomic E-state index is -0.714. The fourth-order valence-electron chi connectivity index (χ4n) is 5.28. The lowest BCUT2D eigenvalue weighted by molar-refractivity contribution is -0.150. The number of nitrogens with zero attached hydrogens (tertiary/aromatic N) is 2. The number of hydrogen-bond donors (Lipinski definition) is 1. The topological polar surface area (TPSA) is 61.9 Å². The summed E-state index contributed by atoms with van der Waals surface area (Å²) in [6.07, 6.45) is 3.65. The van der Waals surface area contributed by atoms with E-state index in [4.69, 9.17) is 4.74 Å². The molecule has 3 aliphatic heterocycles. The van der Waals surface area contributed by atoms with E-state index in [-0.39, 0.29) is 11.9 Å². The van der Waals surface area contributed by atoms with Gasteiger partial charge in [-0.1, -0.05) is 20.8 Å². The van der Waals surface area contributed by atoms with Gasteiger partial charge >= 0.3 is 5.97 Å². The summed E-state index contributed by atoms with van der Waals surface area (Å²) in [5.41, 5.74) is 0.351. The highest BCUT2D eigenvalue weighted by atomic mass is 16.6. The van der Waals surface area contributed by atoms with E-state index in [0.717, 1.165) is 57.5 Å². The van der Waals surface area contributed by atoms with Crippen molar-refractivity contribution in [2.24, 2.45) is 11.8 Å². The molecule has 0 aromatic heterocycles. The van der Waals surface area contributed by atoms with Crippen molar-refractivity contribution in [2.45, 2.75) is 59.0 Å². The second kappa shape index (κ2) is 8.95. The third-order valence-electron chi connectivity index (χ3n) is 6.64. The molecule has 2 saturated heterocycles. The summed E-state index contributed by atoms with van der Waals surface area (Å²) in [6.45, 7) is 15.2. The summed E-state index contributed by atoms with van der Waals surface area (Å²) in [7, 11) is 0. The number of carbonyl (C=O) groups is 2. The highest BCUT2D eigenvalue weighted by Gasteiger charge is 2.50. The molecular formula is C22H37N3O3. The van der Waals surface area contributed by atoms with Gasteiger partial charge in [-0.05, 0) is 44.7 Å². The van der Waals surface area contributed by atoms with Gasteiger partial charge in [0.1, 0.15) is 5.60 Å². The maximum atomic E-state index is 13.0. The van der Waals surface area contributed by atoms with Crippen LogP contribution in [-0.2, 0) is 14.3 Å². The largest absolute Gasteiger partial charge is 0.450 e. The Balaban J connectivity index is 1.53. The smallest absolute Gasteiger partial charge is 0.335 e. The summed E-state index contributed by atoms with van der Waals surface area (Å²) >= 11 is 0. The van der Waals surface area contributed by atoms with Crippen molar-refractivity contribution in [3.05, 3.63) is 11.1 Å². The van der Waals surface area contributed by atoms with Gasteiger partial charge in [-0.2, -0.15) is 0 Å². The van der Waals surface area contributed by atoms with Gasteiger partial charge in [0.15, 0.2) is 0 Å². The summed E-state index contributed by atoms with van der Waals surface area (Å²) in [4.78, 5) is 30.0. The van der Waals surface area contributed by atoms with E-state index in [2.05, 4.69) is 35.9 Å². The number of esters is 1. The van der Waals surface area contributed by atoms with Crippen LogP contribution < -0.4 is 5.32 Å². The van der Waals surface area contributed by atoms with Crippen molar-refractivity contribution in [3.63, 3.8) is 0 Å². The lowest BCUT2D eigenvalue weighted by Gasteiger charge is -2.39. The number of nitrogens with one attached hydrogen (secondary N) is 1. The fourth-order valence-corrected chi connectivity index (χ4v) is 5.28. The summed E-state index contributed by atoms with van der Waals surface area (Å²) in [5.74, 6) is 1.06. The monoisotopic (exact) mass is 391 g/mol. The van der Waals surface area contributed by atoms with Gasteiger partial charge < -0.3 is 19.9 Å². The van der Waals surface area contributed by atoms with E-state index in [0.29, 0.717) is 30.5 Å². The van der Waals surface area contributed by atoms with Crippen molar-refractivity contribution < 1.29 is 14.3 Å². The lowest BCUT2D eigenvalue weighted by Crippen LogP contribution is -2.48. The van der Waals surface area contributed by atoms with Crippen LogP contribution in [0.2, 0.25) is 0 Å². The van der Waals surface area contributed by atoms with E-state index in [1.54, 1.807) is 6.92 Å². The molecule has 0 unspecified atom stereocenters. The molecule has 0 aromatic carbocycles. The first-order valence-corrected chi connectivity index (χ1v) is 11.0. The van der Waals surface area contributed by atoms with Gasteiger partial charge in [0.05, 0.1) is 5.57 Å². The molecule has 28 heavy (non-hydrogen) atoms. The first-order chi connectivity index (χ1) is 13.3. The van der Waals surface area contributed by atoms with Crippen molar-refractivity contribution in [3.8, 4) is 0 Å². The first kappa shape index (κ1) is 21.3. The number of amides is 1. The van der Waals surface area contributed by atoms with Gasteiger partial charge in [0, 0.05) is 51.1 Å². The van der Waals surface area contributed by atoms with Gasteiger partial charge in [0.25, 0.3) is 5.91 Å². The molecule has 0 bridgehead atoms. The van der Waals surface area contributed by atoms with Gasteiger partial charge in [-0.15, -0.1) is 0 Å². The summed E-state index contributed by atoms with van der Waals surface area (Å²) in [6, 6.07) is 0. The molecule has 1 amide bonds. The fraction of sp³-hybridized carbons (Fsp3) is 0.818. The van der Waals surface area contributed by atoms with Crippen molar-refractivity contribution in [2.75, 3.05) is 45.8 Å². The molecule has 0 saturated carbocycles. The average Bonchev–Trinajstić information content (AvgIpc) is 2.88. The Kier molecular flexibility index (Phi) is 6.81. The molecule has 0 radical (unpaired) electrons. The number of likely N-dealkylation sites (tertiary alicyclic amines) is 2. The van der Waals surface area contributed by atoms with Gasteiger partial charge in [-0.25, -0.2) is 4.79 Å². The van der Waals surface area contributed by atoms with Crippen LogP contribution in [0.15, 0.2) is 11.1 Å². The van der Waals surface area contributed by atoms with Crippen molar-refractivity contribution in [1.29, 1.82) is 0 Å². The predicted octanol–water partition coefficient (Wildman–Crippen LogP) is 2.20. The van der Waals surface area contributed by atoms with Crippen LogP contribution in [0, 0.1) is 11.8 Å². The van der Waals surface area contributed by atoms with E-state index >= 15 is 0 Å². The zero-order valence-electron chi connectivity index (χ0n) is 18.1. The highest BCUT2D eigenvalue weighted by molar-refractivity contribution is 6.07. The van der Waals surface area contributed by atoms with Crippen LogP contribution in [0.3, 0.4) is 0 Å². The molecule has 6 nitrogen and oxygen atoms in total. The molecule has 3 aliphatic rings. The Morgan fingerprint density at radius 2 is 1.82 bits per heavy atom. The Morgan fingerprint density at radius 3 is 2.43 bits per heavy atom. The maximum Gasteiger partial charge on any atom is 0.335 e. The zero-order valence-corrected chi connectivity index (χ0v) is 18.1. The van der Waals surface area contributed by atoms with Crippen LogP contribution in [0.4, 0.5) is 0 Å². The number of carbonyl (C=O) groups excluding carboxylic acids is 2. The highest BCUT2D eigenvalue weighted by Crippen LogP contribution is 2.40. The summed E-state index contributed by atoms with van der Waals surface area (Å²) < 4.78 is 5.74. The van der Waals surface area contributed by atoms with E-state index in [1.807, 2.05) is 0 Å². The molecule has 0 aromatic rings. The van der Waals surface area contributed by atoms with Gasteiger partial charge in [0.2, 0.25) is 0 Å². The van der Waals surface area contributed by atoms with E-state index in [9.17, 15) is 9.59 Å². The van der Waals surface area contributed by atoms with Crippen LogP contribution in [0.1, 0.15) is 53.4 Å². The molecule has 2 atom stereocenters. The molecule has 3 heterocycles. The number of rotatable bonds is 6. The quantitative estimate of drug-likeness (QED) is 0.556. The molecule has 158 valence electrons. The van der Waals surface area contributed by atoms with Gasteiger partial charge in [-0.3, -0.25) is 4.79 Å². The molecule has 3 rings (SSSR count). The molecule has 1 spiro atoms. The van der Waals surface area contributed by atoms with Crippen LogP contribution >= 0.6 is 0 Å². The molecule has 0 aliphatic carbocycles. The summed E-state index contributed by atoms with van der Waals surface area (Å²) in [5, 5.41) is 3.07. The third kappa shape index (κ3) is 4.60. The van der Waals surface area contributed by atoms with Crippen molar-refractivity contribution in [1.82, 2.24) is 15.1 Å². The molecule has 2 fully saturated rings. The van der Waals surface area contributed by atoms with Crippen LogP contribution in [0.25, 0.3) is 0 Å². The Bertz CT molecular complexity index is 613. The normalized spacial score (nSPS) is 28.6. The molecular weight excluding hydrogens is 354 g/mol. The SMILES string of the molecule is CCN1CCC2(CC1)OC(=O)C(C)=C2C(=O)NCCCN1C[C@@H](C)C[C@H](C)C1. The molecule has 6 heteroatoms. The maximum absolute atomic E-state index is 13.0. The zero-order chi connectivity index (χ0) is 20.3.